The van der Waals surface area contributed by atoms with Crippen LogP contribution < -0.4 is 5.32 Å². The minimum atomic E-state index is 0.837. The Bertz CT molecular complexity index is 106. The van der Waals surface area contributed by atoms with Crippen molar-refractivity contribution in [3.63, 3.8) is 0 Å². The quantitative estimate of drug-likeness (QED) is 0.586. The van der Waals surface area contributed by atoms with Gasteiger partial charge in [0.05, 0.1) is 6.61 Å². The molecule has 0 radical (unpaired) electrons. The summed E-state index contributed by atoms with van der Waals surface area (Å²) >= 11 is 0. The predicted molar refractivity (Wildman–Crippen MR) is 46.6 cm³/mol. The number of rotatable bonds is 6. The zero-order valence-electron chi connectivity index (χ0n) is 7.60. The van der Waals surface area contributed by atoms with E-state index in [-0.39, 0.29) is 0 Å². The molecule has 1 N–H and O–H groups in total. The van der Waals surface area contributed by atoms with Gasteiger partial charge in [0.1, 0.15) is 0 Å². The van der Waals surface area contributed by atoms with Gasteiger partial charge in [-0.1, -0.05) is 13.3 Å². The fraction of sp³-hybridized carbons (Fsp3) is 1.00. The molecule has 1 saturated carbocycles. The molecule has 11 heavy (non-hydrogen) atoms. The van der Waals surface area contributed by atoms with Gasteiger partial charge in [0.25, 0.3) is 0 Å². The molecule has 0 aliphatic heterocycles. The molecule has 1 rings (SSSR count). The summed E-state index contributed by atoms with van der Waals surface area (Å²) in [6.45, 7) is 5.31. The standard InChI is InChI=1S/C9H19NO/c1-3-8-6-9(8)7-10-4-5-11-2/h8-10H,3-7H2,1-2H3. The van der Waals surface area contributed by atoms with Crippen LogP contribution in [0.2, 0.25) is 0 Å². The molecule has 1 aliphatic carbocycles. The first-order valence-electron chi connectivity index (χ1n) is 4.58. The van der Waals surface area contributed by atoms with Gasteiger partial charge in [-0.15, -0.1) is 0 Å². The average molecular weight is 157 g/mol. The molecule has 2 nitrogen and oxygen atoms in total. The summed E-state index contributed by atoms with van der Waals surface area (Å²) in [4.78, 5) is 0. The largest absolute Gasteiger partial charge is 0.383 e. The first-order chi connectivity index (χ1) is 5.38. The van der Waals surface area contributed by atoms with Crippen LogP contribution in [0.4, 0.5) is 0 Å². The molecule has 0 spiro atoms. The summed E-state index contributed by atoms with van der Waals surface area (Å²) in [7, 11) is 1.74. The van der Waals surface area contributed by atoms with Crippen molar-refractivity contribution in [3.8, 4) is 0 Å². The maximum atomic E-state index is 4.93. The van der Waals surface area contributed by atoms with Crippen molar-refractivity contribution in [2.75, 3.05) is 26.8 Å². The third-order valence-corrected chi connectivity index (χ3v) is 2.48. The zero-order chi connectivity index (χ0) is 8.10. The maximum absolute atomic E-state index is 4.93. The lowest BCUT2D eigenvalue weighted by atomic mass is 10.2. The molecule has 0 aromatic heterocycles. The molecule has 0 amide bonds. The van der Waals surface area contributed by atoms with Gasteiger partial charge in [-0.05, 0) is 24.8 Å². The highest BCUT2D eigenvalue weighted by atomic mass is 16.5. The third kappa shape index (κ3) is 3.21. The first kappa shape index (κ1) is 9.01. The van der Waals surface area contributed by atoms with Crippen molar-refractivity contribution in [2.45, 2.75) is 19.8 Å². The van der Waals surface area contributed by atoms with Crippen LogP contribution in [0.25, 0.3) is 0 Å². The molecule has 0 aromatic rings. The van der Waals surface area contributed by atoms with Crippen LogP contribution in [0.3, 0.4) is 0 Å². The van der Waals surface area contributed by atoms with E-state index in [4.69, 9.17) is 4.74 Å². The van der Waals surface area contributed by atoms with E-state index in [1.165, 1.54) is 19.4 Å². The fourth-order valence-electron chi connectivity index (χ4n) is 1.52. The second-order valence-corrected chi connectivity index (χ2v) is 3.36. The SMILES string of the molecule is CCC1CC1CNCCOC. The Kier molecular flexibility index (Phi) is 3.87. The highest BCUT2D eigenvalue weighted by molar-refractivity contribution is 4.86. The number of hydrogen-bond donors (Lipinski definition) is 1. The maximum Gasteiger partial charge on any atom is 0.0587 e. The highest BCUT2D eigenvalue weighted by Gasteiger charge is 2.34. The molecule has 0 aromatic carbocycles. The summed E-state index contributed by atoms with van der Waals surface area (Å²) in [5.74, 6) is 1.99. The van der Waals surface area contributed by atoms with E-state index in [1.54, 1.807) is 7.11 Å². The molecule has 2 atom stereocenters. The van der Waals surface area contributed by atoms with Crippen molar-refractivity contribution in [3.05, 3.63) is 0 Å². The predicted octanol–water partition coefficient (Wildman–Crippen LogP) is 1.27. The first-order valence-corrected chi connectivity index (χ1v) is 4.58. The molecular weight excluding hydrogens is 138 g/mol. The molecule has 2 unspecified atom stereocenters. The summed E-state index contributed by atoms with van der Waals surface area (Å²) in [6, 6.07) is 0. The van der Waals surface area contributed by atoms with E-state index in [1.807, 2.05) is 0 Å². The molecule has 2 heteroatoms. The van der Waals surface area contributed by atoms with Gasteiger partial charge < -0.3 is 10.1 Å². The third-order valence-electron chi connectivity index (χ3n) is 2.48. The molecule has 66 valence electrons. The van der Waals surface area contributed by atoms with Gasteiger partial charge in [-0.2, -0.15) is 0 Å². The zero-order valence-corrected chi connectivity index (χ0v) is 7.60. The van der Waals surface area contributed by atoms with Gasteiger partial charge in [-0.3, -0.25) is 0 Å². The van der Waals surface area contributed by atoms with Crippen molar-refractivity contribution >= 4 is 0 Å². The van der Waals surface area contributed by atoms with Crippen molar-refractivity contribution in [1.82, 2.24) is 5.32 Å². The van der Waals surface area contributed by atoms with Gasteiger partial charge >= 0.3 is 0 Å². The van der Waals surface area contributed by atoms with Crippen molar-refractivity contribution in [1.29, 1.82) is 0 Å². The van der Waals surface area contributed by atoms with Gasteiger partial charge in [-0.25, -0.2) is 0 Å². The molecule has 1 fully saturated rings. The minimum Gasteiger partial charge on any atom is -0.383 e. The van der Waals surface area contributed by atoms with Gasteiger partial charge in [0, 0.05) is 13.7 Å². The Balaban J connectivity index is 1.82. The second-order valence-electron chi connectivity index (χ2n) is 3.36. The second kappa shape index (κ2) is 4.73. The molecule has 1 aliphatic rings. The number of ether oxygens (including phenoxy) is 1. The van der Waals surface area contributed by atoms with E-state index < -0.39 is 0 Å². The van der Waals surface area contributed by atoms with Gasteiger partial charge in [0.15, 0.2) is 0 Å². The van der Waals surface area contributed by atoms with E-state index >= 15 is 0 Å². The minimum absolute atomic E-state index is 0.837. The lowest BCUT2D eigenvalue weighted by Gasteiger charge is -2.01. The topological polar surface area (TPSA) is 21.3 Å². The summed E-state index contributed by atoms with van der Waals surface area (Å²) < 4.78 is 4.93. The van der Waals surface area contributed by atoms with Crippen LogP contribution in [0.5, 0.6) is 0 Å². The van der Waals surface area contributed by atoms with Crippen LogP contribution in [-0.4, -0.2) is 26.8 Å². The van der Waals surface area contributed by atoms with Crippen molar-refractivity contribution < 1.29 is 4.74 Å². The smallest absolute Gasteiger partial charge is 0.0587 e. The normalized spacial score (nSPS) is 28.9. The Labute approximate surface area is 69.3 Å². The van der Waals surface area contributed by atoms with Crippen LogP contribution in [0.1, 0.15) is 19.8 Å². The van der Waals surface area contributed by atoms with E-state index in [0.29, 0.717) is 0 Å². The number of nitrogens with one attached hydrogen (secondary N) is 1. The van der Waals surface area contributed by atoms with E-state index in [0.717, 1.165) is 25.0 Å². The lowest BCUT2D eigenvalue weighted by molar-refractivity contribution is 0.199. The summed E-state index contributed by atoms with van der Waals surface area (Å²) in [6.07, 6.45) is 2.80. The van der Waals surface area contributed by atoms with Crippen LogP contribution in [-0.2, 0) is 4.74 Å². The monoisotopic (exact) mass is 157 g/mol. The molecule has 0 bridgehead atoms. The van der Waals surface area contributed by atoms with Crippen LogP contribution in [0, 0.1) is 11.8 Å². The van der Waals surface area contributed by atoms with E-state index in [9.17, 15) is 0 Å². The van der Waals surface area contributed by atoms with Gasteiger partial charge in [0.2, 0.25) is 0 Å². The van der Waals surface area contributed by atoms with Crippen LogP contribution in [0.15, 0.2) is 0 Å². The Hall–Kier alpha value is -0.0800. The molecule has 0 saturated heterocycles. The average Bonchev–Trinajstić information content (AvgIpc) is 2.77. The number of hydrogen-bond acceptors (Lipinski definition) is 2. The fourth-order valence-corrected chi connectivity index (χ4v) is 1.52. The molecule has 0 heterocycles. The summed E-state index contributed by atoms with van der Waals surface area (Å²) in [5.41, 5.74) is 0. The Morgan fingerprint density at radius 1 is 1.45 bits per heavy atom. The Morgan fingerprint density at radius 3 is 2.82 bits per heavy atom. The lowest BCUT2D eigenvalue weighted by Crippen LogP contribution is -2.21. The summed E-state index contributed by atoms with van der Waals surface area (Å²) in [5, 5.41) is 3.39. The Morgan fingerprint density at radius 2 is 2.27 bits per heavy atom. The molecular formula is C9H19NO. The number of methoxy groups -OCH3 is 1. The van der Waals surface area contributed by atoms with Crippen LogP contribution >= 0.6 is 0 Å². The highest BCUT2D eigenvalue weighted by Crippen LogP contribution is 2.40. The van der Waals surface area contributed by atoms with E-state index in [2.05, 4.69) is 12.2 Å². The van der Waals surface area contributed by atoms with Crippen molar-refractivity contribution in [2.24, 2.45) is 11.8 Å².